The third kappa shape index (κ3) is 38.6. The quantitative estimate of drug-likeness (QED) is 0.0249. The van der Waals surface area contributed by atoms with Crippen LogP contribution in [0.3, 0.4) is 0 Å². The van der Waals surface area contributed by atoms with E-state index < -0.39 is 18.2 Å². The summed E-state index contributed by atoms with van der Waals surface area (Å²) in [6, 6.07) is -1.33. The number of hydrogen-bond acceptors (Lipinski definition) is 13. The molecule has 0 heterocycles. The molecule has 0 fully saturated rings. The number of thioether (sulfide) groups is 1. The molecule has 6 N–H and O–H groups in total. The van der Waals surface area contributed by atoms with Crippen molar-refractivity contribution in [1.29, 1.82) is 0 Å². The van der Waals surface area contributed by atoms with Gasteiger partial charge in [0.2, 0.25) is 11.8 Å². The molecule has 13 nitrogen and oxygen atoms in total. The largest absolute Gasteiger partial charge is 0.462 e. The molecule has 0 aliphatic carbocycles. The third-order valence-electron chi connectivity index (χ3n) is 9.44. The molecule has 58 heavy (non-hydrogen) atoms. The lowest BCUT2D eigenvalue weighted by Crippen LogP contribution is -2.43. The molecule has 0 saturated carbocycles. The molecule has 1 unspecified atom stereocenters. The molecule has 0 spiro atoms. The highest BCUT2D eigenvalue weighted by Gasteiger charge is 2.20. The van der Waals surface area contributed by atoms with Crippen LogP contribution < -0.4 is 22.1 Å². The Morgan fingerprint density at radius 2 is 0.948 bits per heavy atom. The maximum absolute atomic E-state index is 12.7. The summed E-state index contributed by atoms with van der Waals surface area (Å²) in [5.41, 5.74) is 11.8. The Kier molecular flexibility index (Phi) is 42.3. The van der Waals surface area contributed by atoms with Crippen molar-refractivity contribution in [3.8, 4) is 0 Å². The van der Waals surface area contributed by atoms with Crippen LogP contribution in [0.5, 0.6) is 0 Å². The van der Waals surface area contributed by atoms with Crippen molar-refractivity contribution in [2.24, 2.45) is 11.5 Å². The molecule has 0 aromatic heterocycles. The fraction of sp³-hybridized carbons (Fsp3) is 0.907. The zero-order valence-electron chi connectivity index (χ0n) is 36.5. The zero-order valence-corrected chi connectivity index (χ0v) is 38.2. The van der Waals surface area contributed by atoms with Crippen molar-refractivity contribution in [1.82, 2.24) is 10.6 Å². The minimum absolute atomic E-state index is 0.00266. The fourth-order valence-electron chi connectivity index (χ4n) is 5.84. The molecule has 0 radical (unpaired) electrons. The van der Waals surface area contributed by atoms with Crippen LogP contribution in [0.1, 0.15) is 155 Å². The number of nitrogens with one attached hydrogen (secondary N) is 2. The Bertz CT molecular complexity index is 986. The average molecular weight is 865 g/mol. The number of hydrogen-bond donors (Lipinski definition) is 5. The standard InChI is InChI=1S/C43H84N4O9S2/c1-3-5-7-9-11-13-15-17-19-23-40(48)55-33-37(56-41(49)24-20-18-16-14-12-10-8-6-4-2)35-58-36-39(45)43(51)47-26-22-28-53-30-32-54-31-29-52-27-21-25-46-42(50)38(44)34-57/h37-39,57H,3-36,44-45H2,1-2H3,(H,46,50)(H,47,51)/t37-,38?,39-/m1/s1. The van der Waals surface area contributed by atoms with Crippen LogP contribution in [0.4, 0.5) is 0 Å². The molecule has 0 aliphatic rings. The lowest BCUT2D eigenvalue weighted by Gasteiger charge is -2.19. The summed E-state index contributed by atoms with van der Waals surface area (Å²) in [7, 11) is 0. The first-order chi connectivity index (χ1) is 28.2. The second kappa shape index (κ2) is 43.5. The maximum Gasteiger partial charge on any atom is 0.306 e. The highest BCUT2D eigenvalue weighted by atomic mass is 32.2. The number of nitrogens with two attached hydrogens (primary N) is 2. The summed E-state index contributed by atoms with van der Waals surface area (Å²) in [6.45, 7) is 8.12. The number of carbonyl (C=O) groups is 4. The van der Waals surface area contributed by atoms with Gasteiger partial charge in [0.15, 0.2) is 0 Å². The highest BCUT2D eigenvalue weighted by molar-refractivity contribution is 7.99. The number of ether oxygens (including phenoxy) is 5. The lowest BCUT2D eigenvalue weighted by molar-refractivity contribution is -0.157. The monoisotopic (exact) mass is 865 g/mol. The average Bonchev–Trinajstić information content (AvgIpc) is 3.22. The van der Waals surface area contributed by atoms with Crippen LogP contribution in [0.15, 0.2) is 0 Å². The van der Waals surface area contributed by atoms with Gasteiger partial charge in [-0.2, -0.15) is 24.4 Å². The Hall–Kier alpha value is -1.62. The van der Waals surface area contributed by atoms with Gasteiger partial charge < -0.3 is 45.8 Å². The highest BCUT2D eigenvalue weighted by Crippen LogP contribution is 2.15. The van der Waals surface area contributed by atoms with Crippen LogP contribution in [-0.4, -0.2) is 119 Å². The van der Waals surface area contributed by atoms with E-state index in [-0.39, 0.29) is 30.4 Å². The molecule has 0 aromatic carbocycles. The molecule has 15 heteroatoms. The molecule has 0 bridgehead atoms. The van der Waals surface area contributed by atoms with E-state index in [0.717, 1.165) is 38.5 Å². The van der Waals surface area contributed by atoms with Gasteiger partial charge in [-0.3, -0.25) is 19.2 Å². The van der Waals surface area contributed by atoms with Gasteiger partial charge in [0, 0.05) is 56.4 Å². The van der Waals surface area contributed by atoms with Gasteiger partial charge >= 0.3 is 11.9 Å². The van der Waals surface area contributed by atoms with E-state index in [4.69, 9.17) is 35.2 Å². The van der Waals surface area contributed by atoms with E-state index in [9.17, 15) is 19.2 Å². The summed E-state index contributed by atoms with van der Waals surface area (Å²) in [5, 5.41) is 5.58. The number of esters is 2. The minimum atomic E-state index is -0.732. The molecule has 0 rings (SSSR count). The Morgan fingerprint density at radius 1 is 0.534 bits per heavy atom. The Morgan fingerprint density at radius 3 is 1.41 bits per heavy atom. The first kappa shape index (κ1) is 56.4. The number of unbranched alkanes of at least 4 members (excludes halogenated alkanes) is 16. The van der Waals surface area contributed by atoms with Crippen molar-refractivity contribution >= 4 is 48.1 Å². The number of carbonyl (C=O) groups excluding carboxylic acids is 4. The normalized spacial score (nSPS) is 12.8. The predicted octanol–water partition coefficient (Wildman–Crippen LogP) is 6.66. The van der Waals surface area contributed by atoms with Gasteiger partial charge in [0.05, 0.1) is 38.5 Å². The third-order valence-corrected chi connectivity index (χ3v) is 11.0. The SMILES string of the molecule is CCCCCCCCCCCC(=O)OC[C@H](CSC[C@@H](N)C(=O)NCCCOCCOCCOCCCNC(=O)C(N)CS)OC(=O)CCCCCCCCCCC. The zero-order chi connectivity index (χ0) is 42.7. The molecule has 0 aliphatic heterocycles. The number of thiol groups is 1. The van der Waals surface area contributed by atoms with Crippen LogP contribution >= 0.6 is 24.4 Å². The second-order valence-electron chi connectivity index (χ2n) is 15.0. The van der Waals surface area contributed by atoms with E-state index >= 15 is 0 Å². The van der Waals surface area contributed by atoms with Crippen LogP contribution in [0.25, 0.3) is 0 Å². The van der Waals surface area contributed by atoms with E-state index in [1.165, 1.54) is 88.8 Å². The number of rotatable bonds is 44. The van der Waals surface area contributed by atoms with E-state index in [1.54, 1.807) is 0 Å². The molecule has 2 amide bonds. The molecular formula is C43H84N4O9S2. The molecular weight excluding hydrogens is 781 g/mol. The van der Waals surface area contributed by atoms with Gasteiger partial charge in [-0.05, 0) is 25.7 Å². The topological polar surface area (TPSA) is 191 Å². The summed E-state index contributed by atoms with van der Waals surface area (Å²) < 4.78 is 27.9. The van der Waals surface area contributed by atoms with Gasteiger partial charge in [-0.15, -0.1) is 0 Å². The van der Waals surface area contributed by atoms with Gasteiger partial charge in [-0.25, -0.2) is 0 Å². The fourth-order valence-corrected chi connectivity index (χ4v) is 6.97. The van der Waals surface area contributed by atoms with Gasteiger partial charge in [0.25, 0.3) is 0 Å². The van der Waals surface area contributed by atoms with Crippen molar-refractivity contribution in [2.45, 2.75) is 173 Å². The minimum Gasteiger partial charge on any atom is -0.462 e. The van der Waals surface area contributed by atoms with Crippen LogP contribution in [-0.2, 0) is 42.9 Å². The molecule has 342 valence electrons. The van der Waals surface area contributed by atoms with Gasteiger partial charge in [-0.1, -0.05) is 117 Å². The van der Waals surface area contributed by atoms with Crippen molar-refractivity contribution in [3.63, 3.8) is 0 Å². The molecule has 0 aromatic rings. The first-order valence-electron chi connectivity index (χ1n) is 22.6. The van der Waals surface area contributed by atoms with Crippen LogP contribution in [0.2, 0.25) is 0 Å². The van der Waals surface area contributed by atoms with Crippen molar-refractivity contribution in [3.05, 3.63) is 0 Å². The van der Waals surface area contributed by atoms with E-state index in [2.05, 4.69) is 37.1 Å². The van der Waals surface area contributed by atoms with Crippen molar-refractivity contribution in [2.75, 3.05) is 76.6 Å². The maximum atomic E-state index is 12.7. The molecule has 0 saturated heterocycles. The smallest absolute Gasteiger partial charge is 0.306 e. The van der Waals surface area contributed by atoms with E-state index in [1.807, 2.05) is 0 Å². The summed E-state index contributed by atoms with van der Waals surface area (Å²) in [4.78, 5) is 49.4. The Balaban J connectivity index is 4.27. The summed E-state index contributed by atoms with van der Waals surface area (Å²) in [5.74, 6) is -0.000826. The van der Waals surface area contributed by atoms with Gasteiger partial charge in [0.1, 0.15) is 12.7 Å². The molecule has 3 atom stereocenters. The lowest BCUT2D eigenvalue weighted by atomic mass is 10.1. The first-order valence-corrected chi connectivity index (χ1v) is 24.4. The second-order valence-corrected chi connectivity index (χ2v) is 16.5. The van der Waals surface area contributed by atoms with E-state index in [0.29, 0.717) is 95.7 Å². The summed E-state index contributed by atoms with van der Waals surface area (Å²) in [6.07, 6.45) is 22.4. The van der Waals surface area contributed by atoms with Crippen molar-refractivity contribution < 1.29 is 42.9 Å². The van der Waals surface area contributed by atoms with Crippen LogP contribution in [0, 0.1) is 0 Å². The summed E-state index contributed by atoms with van der Waals surface area (Å²) >= 11 is 5.41. The predicted molar refractivity (Wildman–Crippen MR) is 239 cm³/mol. The number of amides is 2. The Labute approximate surface area is 361 Å².